The molecule has 0 N–H and O–H groups in total. The highest BCUT2D eigenvalue weighted by atomic mass is 16.1. The first-order chi connectivity index (χ1) is 5.91. The Hall–Kier alpha value is -0.330. The lowest BCUT2D eigenvalue weighted by Gasteiger charge is -1.98. The van der Waals surface area contributed by atoms with Gasteiger partial charge in [0.25, 0.3) is 0 Å². The lowest BCUT2D eigenvalue weighted by atomic mass is 10.1. The van der Waals surface area contributed by atoms with E-state index in [-0.39, 0.29) is 7.43 Å². The van der Waals surface area contributed by atoms with Crippen LogP contribution in [0, 0.1) is 7.43 Å². The Morgan fingerprint density at radius 2 is 1.31 bits per heavy atom. The van der Waals surface area contributed by atoms with E-state index in [4.69, 9.17) is 0 Å². The van der Waals surface area contributed by atoms with Gasteiger partial charge in [-0.3, -0.25) is 0 Å². The van der Waals surface area contributed by atoms with Gasteiger partial charge in [0.1, 0.15) is 6.29 Å². The first kappa shape index (κ1) is 15.2. The van der Waals surface area contributed by atoms with Crippen LogP contribution in [0.2, 0.25) is 0 Å². The fourth-order valence-electron chi connectivity index (χ4n) is 1.36. The van der Waals surface area contributed by atoms with Crippen LogP contribution in [0.4, 0.5) is 0 Å². The summed E-state index contributed by atoms with van der Waals surface area (Å²) in [5, 5.41) is 0. The van der Waals surface area contributed by atoms with Gasteiger partial charge in [0.05, 0.1) is 0 Å². The molecule has 0 amide bonds. The van der Waals surface area contributed by atoms with Gasteiger partial charge in [-0.15, -0.1) is 0 Å². The van der Waals surface area contributed by atoms with Crippen molar-refractivity contribution in [2.24, 2.45) is 0 Å². The van der Waals surface area contributed by atoms with Crippen molar-refractivity contribution < 1.29 is 4.79 Å². The van der Waals surface area contributed by atoms with Crippen molar-refractivity contribution in [3.63, 3.8) is 0 Å². The Labute approximate surface area is 83.9 Å². The van der Waals surface area contributed by atoms with Crippen LogP contribution >= 0.6 is 0 Å². The second kappa shape index (κ2) is 14.2. The predicted molar refractivity (Wildman–Crippen MR) is 56.5 cm³/mol. The highest BCUT2D eigenvalue weighted by Crippen LogP contribution is 2.08. The molecule has 0 rings (SSSR count). The molecular weight excluding hydrogens is 160 g/mol. The van der Waals surface area contributed by atoms with E-state index >= 15 is 0 Å². The summed E-state index contributed by atoms with van der Waals surface area (Å²) in [5.74, 6) is 0. The quantitative estimate of drug-likeness (QED) is 0.391. The summed E-state index contributed by atoms with van der Waals surface area (Å²) in [7, 11) is 0. The molecule has 0 heterocycles. The predicted octanol–water partition coefficient (Wildman–Crippen LogP) is 3.80. The monoisotopic (exact) mass is 182 g/mol. The van der Waals surface area contributed by atoms with Crippen LogP contribution in [0.5, 0.6) is 0 Å². The molecule has 0 aliphatic rings. The molecule has 0 fully saturated rings. The molecule has 0 saturated carbocycles. The second-order valence-corrected chi connectivity index (χ2v) is 3.43. The number of carbonyl (C=O) groups is 1. The van der Waals surface area contributed by atoms with Crippen molar-refractivity contribution in [1.82, 2.24) is 0 Å². The average molecular weight is 182 g/mol. The van der Waals surface area contributed by atoms with Crippen molar-refractivity contribution in [1.29, 1.82) is 0 Å². The summed E-state index contributed by atoms with van der Waals surface area (Å²) in [5.41, 5.74) is 0. The maximum absolute atomic E-state index is 9.98. The van der Waals surface area contributed by atoms with Crippen molar-refractivity contribution in [3.05, 3.63) is 7.43 Å². The smallest absolute Gasteiger partial charge is 0.119 e. The molecule has 0 aromatic carbocycles. The van der Waals surface area contributed by atoms with Crippen LogP contribution in [0.15, 0.2) is 0 Å². The zero-order chi connectivity index (χ0) is 9.07. The molecule has 0 atom stereocenters. The summed E-state index contributed by atoms with van der Waals surface area (Å²) in [6, 6.07) is 0. The lowest BCUT2D eigenvalue weighted by molar-refractivity contribution is -0.107. The van der Waals surface area contributed by atoms with Gasteiger partial charge in [-0.05, 0) is 6.42 Å². The molecule has 0 aromatic rings. The molecule has 0 spiro atoms. The van der Waals surface area contributed by atoms with E-state index in [9.17, 15) is 4.79 Å². The summed E-state index contributed by atoms with van der Waals surface area (Å²) >= 11 is 0. The first-order valence-electron chi connectivity index (χ1n) is 5.35. The molecule has 4 radical (unpaired) electrons. The van der Waals surface area contributed by atoms with Gasteiger partial charge in [0.15, 0.2) is 0 Å². The van der Waals surface area contributed by atoms with E-state index < -0.39 is 0 Å². The number of hydrogen-bond acceptors (Lipinski definition) is 1. The molecular formula is C12H22O. The van der Waals surface area contributed by atoms with Crippen LogP contribution < -0.4 is 0 Å². The summed E-state index contributed by atoms with van der Waals surface area (Å²) < 4.78 is 0. The molecule has 13 heavy (non-hydrogen) atoms. The van der Waals surface area contributed by atoms with Crippen LogP contribution in [0.1, 0.15) is 64.7 Å². The van der Waals surface area contributed by atoms with Crippen molar-refractivity contribution in [3.8, 4) is 0 Å². The van der Waals surface area contributed by atoms with Gasteiger partial charge in [-0.25, -0.2) is 0 Å². The first-order valence-corrected chi connectivity index (χ1v) is 5.35. The molecule has 0 bridgehead atoms. The van der Waals surface area contributed by atoms with E-state index in [1.165, 1.54) is 44.9 Å². The van der Waals surface area contributed by atoms with Gasteiger partial charge in [0, 0.05) is 13.8 Å². The Kier molecular flexibility index (Phi) is 16.6. The molecule has 1 nitrogen and oxygen atoms in total. The molecule has 0 aliphatic carbocycles. The van der Waals surface area contributed by atoms with Crippen LogP contribution in [-0.2, 0) is 4.79 Å². The third-order valence-electron chi connectivity index (χ3n) is 2.18. The Morgan fingerprint density at radius 1 is 0.846 bits per heavy atom. The number of aldehydes is 1. The Morgan fingerprint density at radius 3 is 1.77 bits per heavy atom. The minimum Gasteiger partial charge on any atom is -0.303 e. The summed E-state index contributed by atoms with van der Waals surface area (Å²) in [6.45, 7) is 2.24. The van der Waals surface area contributed by atoms with Gasteiger partial charge in [-0.2, -0.15) is 0 Å². The Balaban J connectivity index is 0. The average Bonchev–Trinajstić information content (AvgIpc) is 2.10. The largest absolute Gasteiger partial charge is 0.303 e. The van der Waals surface area contributed by atoms with Crippen LogP contribution in [0.3, 0.4) is 0 Å². The summed E-state index contributed by atoms with van der Waals surface area (Å²) in [6.07, 6.45) is 12.3. The van der Waals surface area contributed by atoms with E-state index in [0.717, 1.165) is 19.1 Å². The van der Waals surface area contributed by atoms with E-state index in [0.29, 0.717) is 0 Å². The fourth-order valence-corrected chi connectivity index (χ4v) is 1.36. The van der Waals surface area contributed by atoms with E-state index in [1.54, 1.807) is 0 Å². The number of unbranched alkanes of at least 4 members (excludes halogenated alkanes) is 8. The van der Waals surface area contributed by atoms with Gasteiger partial charge in [-0.1, -0.05) is 51.9 Å². The van der Waals surface area contributed by atoms with Crippen molar-refractivity contribution in [2.45, 2.75) is 64.7 Å². The standard InChI is InChI=1S/C11H22O.C/c1-2-3-4-5-6-7-8-9-10-11-12;/h11H,2-10H2,1H3;. The zero-order valence-electron chi connectivity index (χ0n) is 8.85. The Bertz CT molecular complexity index is 89.1. The van der Waals surface area contributed by atoms with E-state index in [1.807, 2.05) is 0 Å². The summed E-state index contributed by atoms with van der Waals surface area (Å²) in [4.78, 5) is 9.98. The highest BCUT2D eigenvalue weighted by Gasteiger charge is 1.90. The number of hydrogen-bond donors (Lipinski definition) is 0. The maximum Gasteiger partial charge on any atom is 0.119 e. The molecule has 0 aliphatic heterocycles. The molecule has 76 valence electrons. The SMILES string of the molecule is CCCCCCCCCCC=O.[C]. The maximum atomic E-state index is 9.98. The third-order valence-corrected chi connectivity index (χ3v) is 2.18. The lowest BCUT2D eigenvalue weighted by Crippen LogP contribution is -1.81. The molecule has 0 unspecified atom stereocenters. The number of rotatable bonds is 9. The van der Waals surface area contributed by atoms with Gasteiger partial charge in [0.2, 0.25) is 0 Å². The molecule has 0 aromatic heterocycles. The molecule has 0 saturated heterocycles. The molecule has 1 heteroatoms. The second-order valence-electron chi connectivity index (χ2n) is 3.43. The topological polar surface area (TPSA) is 17.1 Å². The zero-order valence-corrected chi connectivity index (χ0v) is 8.85. The van der Waals surface area contributed by atoms with Gasteiger partial charge < -0.3 is 4.79 Å². The van der Waals surface area contributed by atoms with Gasteiger partial charge >= 0.3 is 0 Å². The fraction of sp³-hybridized carbons (Fsp3) is 0.833. The number of carbonyl (C=O) groups excluding carboxylic acids is 1. The minimum atomic E-state index is 0. The van der Waals surface area contributed by atoms with Crippen LogP contribution in [-0.4, -0.2) is 6.29 Å². The highest BCUT2D eigenvalue weighted by molar-refractivity contribution is 5.48. The van der Waals surface area contributed by atoms with E-state index in [2.05, 4.69) is 6.92 Å². The van der Waals surface area contributed by atoms with Crippen molar-refractivity contribution >= 4 is 6.29 Å². The van der Waals surface area contributed by atoms with Crippen LogP contribution in [0.25, 0.3) is 0 Å². The minimum absolute atomic E-state index is 0. The normalized spacial score (nSPS) is 9.31. The van der Waals surface area contributed by atoms with Crippen molar-refractivity contribution in [2.75, 3.05) is 0 Å². The third kappa shape index (κ3) is 14.5.